The van der Waals surface area contributed by atoms with E-state index in [1.807, 2.05) is 26.2 Å². The molecule has 0 aliphatic carbocycles. The van der Waals surface area contributed by atoms with Crippen molar-refractivity contribution in [2.75, 3.05) is 38.6 Å². The lowest BCUT2D eigenvalue weighted by Gasteiger charge is -2.29. The molecule has 0 bridgehead atoms. The molecule has 0 atom stereocenters. The molecule has 0 spiro atoms. The number of hydrogen-bond donors (Lipinski definition) is 1. The lowest BCUT2D eigenvalue weighted by atomic mass is 10.1. The van der Waals surface area contributed by atoms with Crippen molar-refractivity contribution in [2.24, 2.45) is 11.7 Å². The maximum atomic E-state index is 14.5. The lowest BCUT2D eigenvalue weighted by Crippen LogP contribution is -2.35. The number of anilines is 1. The van der Waals surface area contributed by atoms with Gasteiger partial charge in [0.1, 0.15) is 0 Å². The van der Waals surface area contributed by atoms with Gasteiger partial charge >= 0.3 is 0 Å². The van der Waals surface area contributed by atoms with E-state index in [2.05, 4.69) is 39.6 Å². The summed E-state index contributed by atoms with van der Waals surface area (Å²) >= 11 is 3.31. The Morgan fingerprint density at radius 1 is 1.25 bits per heavy atom. The lowest BCUT2D eigenvalue weighted by molar-refractivity contribution is 0.407. The van der Waals surface area contributed by atoms with E-state index in [9.17, 15) is 4.39 Å². The second-order valence-electron chi connectivity index (χ2n) is 5.72. The zero-order chi connectivity index (χ0) is 15.3. The van der Waals surface area contributed by atoms with Crippen LogP contribution in [0.3, 0.4) is 0 Å². The van der Waals surface area contributed by atoms with E-state index in [1.54, 1.807) is 0 Å². The molecule has 0 radical (unpaired) electrons. The Hall–Kier alpha value is -0.650. The van der Waals surface area contributed by atoms with Crippen LogP contribution in [0.2, 0.25) is 0 Å². The number of benzene rings is 1. The quantitative estimate of drug-likeness (QED) is 0.824. The van der Waals surface area contributed by atoms with Gasteiger partial charge < -0.3 is 15.5 Å². The van der Waals surface area contributed by atoms with Crippen molar-refractivity contribution in [3.8, 4) is 0 Å². The van der Waals surface area contributed by atoms with Crippen molar-refractivity contribution >= 4 is 21.6 Å². The van der Waals surface area contributed by atoms with Gasteiger partial charge in [-0.25, -0.2) is 4.39 Å². The predicted molar refractivity (Wildman–Crippen MR) is 87.6 cm³/mol. The van der Waals surface area contributed by atoms with Crippen molar-refractivity contribution in [3.63, 3.8) is 0 Å². The zero-order valence-electron chi connectivity index (χ0n) is 12.8. The molecule has 0 saturated heterocycles. The molecule has 2 N–H and O–H groups in total. The minimum Gasteiger partial charge on any atom is -0.368 e. The summed E-state index contributed by atoms with van der Waals surface area (Å²) in [7, 11) is 4.05. The van der Waals surface area contributed by atoms with E-state index in [0.29, 0.717) is 22.6 Å². The predicted octanol–water partition coefficient (Wildman–Crippen LogP) is 3.07. The number of nitrogens with two attached hydrogens (primary N) is 1. The maximum absolute atomic E-state index is 14.5. The summed E-state index contributed by atoms with van der Waals surface area (Å²) < 4.78 is 15.0. The first-order valence-electron chi connectivity index (χ1n) is 6.93. The minimum absolute atomic E-state index is 0.215. The number of hydrogen-bond acceptors (Lipinski definition) is 3. The van der Waals surface area contributed by atoms with Crippen LogP contribution in [0.1, 0.15) is 19.4 Å². The molecule has 1 rings (SSSR count). The van der Waals surface area contributed by atoms with Gasteiger partial charge in [0.15, 0.2) is 5.82 Å². The molecule has 0 saturated carbocycles. The first-order chi connectivity index (χ1) is 9.36. The Bertz CT molecular complexity index is 435. The Labute approximate surface area is 130 Å². The van der Waals surface area contributed by atoms with Crippen LogP contribution in [-0.4, -0.2) is 38.6 Å². The van der Waals surface area contributed by atoms with Gasteiger partial charge in [-0.05, 0) is 47.6 Å². The summed E-state index contributed by atoms with van der Waals surface area (Å²) in [6.45, 7) is 7.14. The van der Waals surface area contributed by atoms with E-state index in [0.717, 1.165) is 25.2 Å². The van der Waals surface area contributed by atoms with Crippen molar-refractivity contribution in [3.05, 3.63) is 28.0 Å². The summed E-state index contributed by atoms with van der Waals surface area (Å²) in [4.78, 5) is 4.21. The third-order valence-electron chi connectivity index (χ3n) is 3.11. The summed E-state index contributed by atoms with van der Waals surface area (Å²) in [5, 5.41) is 0. The standard InChI is InChI=1S/C15H25BrFN3/c1-11(2)10-20(8-7-19(3)4)13-6-5-12(9-18)14(16)15(13)17/h5-6,11H,7-10,18H2,1-4H3. The van der Waals surface area contributed by atoms with Gasteiger partial charge in [0, 0.05) is 26.2 Å². The molecule has 1 aromatic rings. The smallest absolute Gasteiger partial charge is 0.160 e. The molecule has 3 nitrogen and oxygen atoms in total. The molecule has 1 aromatic carbocycles. The first-order valence-corrected chi connectivity index (χ1v) is 7.72. The molecule has 0 heterocycles. The fraction of sp³-hybridized carbons (Fsp3) is 0.600. The number of rotatable bonds is 7. The van der Waals surface area contributed by atoms with Gasteiger partial charge in [0.25, 0.3) is 0 Å². The van der Waals surface area contributed by atoms with Gasteiger partial charge in [-0.1, -0.05) is 19.9 Å². The van der Waals surface area contributed by atoms with Crippen molar-refractivity contribution < 1.29 is 4.39 Å². The van der Waals surface area contributed by atoms with E-state index in [4.69, 9.17) is 5.73 Å². The molecule has 114 valence electrons. The van der Waals surface area contributed by atoms with Gasteiger partial charge in [0.2, 0.25) is 0 Å². The highest BCUT2D eigenvalue weighted by atomic mass is 79.9. The third-order valence-corrected chi connectivity index (χ3v) is 3.96. The van der Waals surface area contributed by atoms with Crippen LogP contribution < -0.4 is 10.6 Å². The van der Waals surface area contributed by atoms with Crippen LogP contribution in [0.5, 0.6) is 0 Å². The largest absolute Gasteiger partial charge is 0.368 e. The SMILES string of the molecule is CC(C)CN(CCN(C)C)c1ccc(CN)c(Br)c1F. The molecule has 0 aromatic heterocycles. The van der Waals surface area contributed by atoms with Crippen LogP contribution in [0, 0.1) is 11.7 Å². The number of nitrogens with zero attached hydrogens (tertiary/aromatic N) is 2. The van der Waals surface area contributed by atoms with Crippen LogP contribution in [-0.2, 0) is 6.54 Å². The molecular formula is C15H25BrFN3. The highest BCUT2D eigenvalue weighted by Crippen LogP contribution is 2.29. The van der Waals surface area contributed by atoms with Gasteiger partial charge in [-0.2, -0.15) is 0 Å². The summed E-state index contributed by atoms with van der Waals surface area (Å²) in [5.74, 6) is 0.261. The second-order valence-corrected chi connectivity index (χ2v) is 6.51. The van der Waals surface area contributed by atoms with Crippen LogP contribution >= 0.6 is 15.9 Å². The van der Waals surface area contributed by atoms with Crippen LogP contribution in [0.4, 0.5) is 10.1 Å². The molecule has 0 aliphatic rings. The van der Waals surface area contributed by atoms with Crippen LogP contribution in [0.25, 0.3) is 0 Å². The van der Waals surface area contributed by atoms with Gasteiger partial charge in [-0.3, -0.25) is 0 Å². The average Bonchev–Trinajstić information content (AvgIpc) is 2.37. The third kappa shape index (κ3) is 4.72. The molecule has 0 unspecified atom stereocenters. The van der Waals surface area contributed by atoms with E-state index in [-0.39, 0.29) is 5.82 Å². The molecule has 0 amide bonds. The molecule has 0 aliphatic heterocycles. The van der Waals surface area contributed by atoms with Gasteiger partial charge in [0.05, 0.1) is 10.2 Å². The maximum Gasteiger partial charge on any atom is 0.160 e. The average molecular weight is 346 g/mol. The van der Waals surface area contributed by atoms with Crippen molar-refractivity contribution in [1.29, 1.82) is 0 Å². The highest BCUT2D eigenvalue weighted by molar-refractivity contribution is 9.10. The van der Waals surface area contributed by atoms with Gasteiger partial charge in [-0.15, -0.1) is 0 Å². The fourth-order valence-corrected chi connectivity index (χ4v) is 2.55. The van der Waals surface area contributed by atoms with Crippen LogP contribution in [0.15, 0.2) is 16.6 Å². The molecule has 5 heteroatoms. The Balaban J connectivity index is 3.03. The van der Waals surface area contributed by atoms with Crippen molar-refractivity contribution in [2.45, 2.75) is 20.4 Å². The summed E-state index contributed by atoms with van der Waals surface area (Å²) in [6, 6.07) is 3.73. The zero-order valence-corrected chi connectivity index (χ0v) is 14.4. The summed E-state index contributed by atoms with van der Waals surface area (Å²) in [6.07, 6.45) is 0. The second kappa shape index (κ2) is 7.96. The van der Waals surface area contributed by atoms with E-state index < -0.39 is 0 Å². The Morgan fingerprint density at radius 3 is 2.40 bits per heavy atom. The number of halogens is 2. The highest BCUT2D eigenvalue weighted by Gasteiger charge is 2.17. The minimum atomic E-state index is -0.215. The van der Waals surface area contributed by atoms with Crippen molar-refractivity contribution in [1.82, 2.24) is 4.90 Å². The molecule has 20 heavy (non-hydrogen) atoms. The normalized spacial score (nSPS) is 11.4. The topological polar surface area (TPSA) is 32.5 Å². The number of likely N-dealkylation sites (N-methyl/N-ethyl adjacent to an activating group) is 1. The Kier molecular flexibility index (Phi) is 6.92. The van der Waals surface area contributed by atoms with E-state index in [1.165, 1.54) is 0 Å². The molecule has 0 fully saturated rings. The fourth-order valence-electron chi connectivity index (χ4n) is 2.05. The van der Waals surface area contributed by atoms with E-state index >= 15 is 0 Å². The Morgan fingerprint density at radius 2 is 1.90 bits per heavy atom. The first kappa shape index (κ1) is 17.4. The summed E-state index contributed by atoms with van der Waals surface area (Å²) in [5.41, 5.74) is 7.05. The monoisotopic (exact) mass is 345 g/mol. The molecular weight excluding hydrogens is 321 g/mol.